The molecule has 0 saturated carbocycles. The van der Waals surface area contributed by atoms with Crippen LogP contribution in [0, 0.1) is 12.7 Å². The predicted molar refractivity (Wildman–Crippen MR) is 162 cm³/mol. The third kappa shape index (κ3) is 7.41. The summed E-state index contributed by atoms with van der Waals surface area (Å²) in [6, 6.07) is 28.8. The SMILES string of the molecule is CCNC(=O)C(Cc1ccccc1)N(Cc1ccccc1F)C(=O)CN(c1ccc(C)cc1)S(=O)(=O)c1ccccc1. The number of carbonyl (C=O) groups excluding carboxylic acids is 2. The molecule has 0 heterocycles. The Kier molecular flexibility index (Phi) is 10.1. The quantitative estimate of drug-likeness (QED) is 0.250. The lowest BCUT2D eigenvalue weighted by Gasteiger charge is -2.34. The van der Waals surface area contributed by atoms with E-state index in [2.05, 4.69) is 5.32 Å². The zero-order valence-electron chi connectivity index (χ0n) is 23.6. The van der Waals surface area contributed by atoms with Crippen LogP contribution in [0.1, 0.15) is 23.6 Å². The van der Waals surface area contributed by atoms with Crippen molar-refractivity contribution in [3.05, 3.63) is 132 Å². The summed E-state index contributed by atoms with van der Waals surface area (Å²) in [5.74, 6) is -1.60. The molecular weight excluding hydrogens is 553 g/mol. The molecule has 1 atom stereocenters. The van der Waals surface area contributed by atoms with Gasteiger partial charge in [0.05, 0.1) is 10.6 Å². The van der Waals surface area contributed by atoms with Gasteiger partial charge in [0.1, 0.15) is 18.4 Å². The number of benzene rings is 4. The van der Waals surface area contributed by atoms with Crippen LogP contribution in [0.25, 0.3) is 0 Å². The van der Waals surface area contributed by atoms with Gasteiger partial charge in [-0.25, -0.2) is 12.8 Å². The first-order valence-corrected chi connectivity index (χ1v) is 15.1. The van der Waals surface area contributed by atoms with Gasteiger partial charge in [-0.15, -0.1) is 0 Å². The zero-order valence-corrected chi connectivity index (χ0v) is 24.4. The number of amides is 2. The lowest BCUT2D eigenvalue weighted by Crippen LogP contribution is -2.53. The Morgan fingerprint density at radius 1 is 0.833 bits per heavy atom. The third-order valence-electron chi connectivity index (χ3n) is 6.85. The fourth-order valence-electron chi connectivity index (χ4n) is 4.62. The van der Waals surface area contributed by atoms with E-state index in [0.29, 0.717) is 12.2 Å². The van der Waals surface area contributed by atoms with Gasteiger partial charge in [0, 0.05) is 25.1 Å². The molecule has 4 rings (SSSR count). The highest BCUT2D eigenvalue weighted by Gasteiger charge is 2.34. The van der Waals surface area contributed by atoms with Gasteiger partial charge in [0.15, 0.2) is 0 Å². The van der Waals surface area contributed by atoms with Crippen molar-refractivity contribution < 1.29 is 22.4 Å². The molecule has 0 spiro atoms. The summed E-state index contributed by atoms with van der Waals surface area (Å²) in [5.41, 5.74) is 2.22. The van der Waals surface area contributed by atoms with E-state index >= 15 is 0 Å². The first kappa shape index (κ1) is 30.5. The van der Waals surface area contributed by atoms with E-state index in [4.69, 9.17) is 0 Å². The molecule has 0 aliphatic heterocycles. The largest absolute Gasteiger partial charge is 0.355 e. The lowest BCUT2D eigenvalue weighted by atomic mass is 10.0. The number of hydrogen-bond donors (Lipinski definition) is 1. The summed E-state index contributed by atoms with van der Waals surface area (Å²) in [7, 11) is -4.18. The molecule has 1 unspecified atom stereocenters. The van der Waals surface area contributed by atoms with E-state index in [-0.39, 0.29) is 23.4 Å². The van der Waals surface area contributed by atoms with Gasteiger partial charge in [-0.3, -0.25) is 13.9 Å². The van der Waals surface area contributed by atoms with Crippen molar-refractivity contribution in [1.29, 1.82) is 0 Å². The minimum atomic E-state index is -4.18. The Hall–Kier alpha value is -4.50. The number of rotatable bonds is 12. The molecule has 2 amide bonds. The standard InChI is InChI=1S/C33H34FN3O4S/c1-3-35-33(39)31(22-26-12-6-4-7-13-26)36(23-27-14-10-11-17-30(27)34)32(38)24-37(28-20-18-25(2)19-21-28)42(40,41)29-15-8-5-9-16-29/h4-21,31H,3,22-24H2,1-2H3,(H,35,39). The monoisotopic (exact) mass is 587 g/mol. The van der Waals surface area contributed by atoms with Crippen LogP contribution in [-0.2, 0) is 32.6 Å². The summed E-state index contributed by atoms with van der Waals surface area (Å²) in [5, 5.41) is 2.79. The maximum absolute atomic E-state index is 14.9. The maximum atomic E-state index is 14.9. The molecule has 0 saturated heterocycles. The molecule has 0 aromatic heterocycles. The van der Waals surface area contributed by atoms with E-state index in [1.54, 1.807) is 67.6 Å². The van der Waals surface area contributed by atoms with Crippen LogP contribution in [0.2, 0.25) is 0 Å². The molecular formula is C33H34FN3O4S. The molecule has 9 heteroatoms. The third-order valence-corrected chi connectivity index (χ3v) is 8.64. The molecule has 7 nitrogen and oxygen atoms in total. The molecule has 4 aromatic carbocycles. The number of nitrogens with zero attached hydrogens (tertiary/aromatic N) is 2. The van der Waals surface area contributed by atoms with Crippen LogP contribution in [0.3, 0.4) is 0 Å². The molecule has 4 aromatic rings. The summed E-state index contributed by atoms with van der Waals surface area (Å²) in [6.07, 6.45) is 0.156. The summed E-state index contributed by atoms with van der Waals surface area (Å²) in [4.78, 5) is 29.0. The highest BCUT2D eigenvalue weighted by Crippen LogP contribution is 2.25. The van der Waals surface area contributed by atoms with Crippen molar-refractivity contribution in [2.75, 3.05) is 17.4 Å². The number of hydrogen-bond acceptors (Lipinski definition) is 4. The minimum Gasteiger partial charge on any atom is -0.355 e. The van der Waals surface area contributed by atoms with E-state index in [1.165, 1.54) is 23.1 Å². The zero-order chi connectivity index (χ0) is 30.1. The Balaban J connectivity index is 1.79. The van der Waals surface area contributed by atoms with E-state index < -0.39 is 40.2 Å². The van der Waals surface area contributed by atoms with Crippen LogP contribution in [-0.4, -0.2) is 44.3 Å². The summed E-state index contributed by atoms with van der Waals surface area (Å²) in [6.45, 7) is 3.14. The van der Waals surface area contributed by atoms with E-state index in [1.807, 2.05) is 37.3 Å². The van der Waals surface area contributed by atoms with Crippen molar-refractivity contribution >= 4 is 27.5 Å². The first-order chi connectivity index (χ1) is 20.2. The van der Waals surface area contributed by atoms with E-state index in [9.17, 15) is 22.4 Å². The summed E-state index contributed by atoms with van der Waals surface area (Å²) < 4.78 is 43.7. The fraction of sp³-hybridized carbons (Fsp3) is 0.212. The van der Waals surface area contributed by atoms with E-state index in [0.717, 1.165) is 15.4 Å². The molecule has 0 fully saturated rings. The van der Waals surface area contributed by atoms with Gasteiger partial charge in [0.2, 0.25) is 11.8 Å². The van der Waals surface area contributed by atoms with Crippen LogP contribution >= 0.6 is 0 Å². The van der Waals surface area contributed by atoms with Crippen LogP contribution in [0.4, 0.5) is 10.1 Å². The predicted octanol–water partition coefficient (Wildman–Crippen LogP) is 5.11. The minimum absolute atomic E-state index is 0.0172. The number of likely N-dealkylation sites (N-methyl/N-ethyl adjacent to an activating group) is 1. The average Bonchev–Trinajstić information content (AvgIpc) is 3.00. The average molecular weight is 588 g/mol. The van der Waals surface area contributed by atoms with Gasteiger partial charge in [-0.1, -0.05) is 84.4 Å². The highest BCUT2D eigenvalue weighted by atomic mass is 32.2. The van der Waals surface area contributed by atoms with Crippen LogP contribution in [0.5, 0.6) is 0 Å². The topological polar surface area (TPSA) is 86.8 Å². The molecule has 0 aliphatic rings. The number of nitrogens with one attached hydrogen (secondary N) is 1. The molecule has 1 N–H and O–H groups in total. The highest BCUT2D eigenvalue weighted by molar-refractivity contribution is 7.92. The second-order valence-electron chi connectivity index (χ2n) is 9.87. The molecule has 42 heavy (non-hydrogen) atoms. The van der Waals surface area contributed by atoms with Gasteiger partial charge in [0.25, 0.3) is 10.0 Å². The number of carbonyl (C=O) groups is 2. The molecule has 0 bridgehead atoms. The Labute approximate surface area is 246 Å². The number of sulfonamides is 1. The Morgan fingerprint density at radius 2 is 1.43 bits per heavy atom. The molecule has 218 valence electrons. The van der Waals surface area contributed by atoms with Crippen LogP contribution < -0.4 is 9.62 Å². The number of aryl methyl sites for hydroxylation is 1. The Morgan fingerprint density at radius 3 is 2.05 bits per heavy atom. The smallest absolute Gasteiger partial charge is 0.264 e. The van der Waals surface area contributed by atoms with Gasteiger partial charge >= 0.3 is 0 Å². The van der Waals surface area contributed by atoms with Crippen LogP contribution in [0.15, 0.2) is 114 Å². The lowest BCUT2D eigenvalue weighted by molar-refractivity contribution is -0.140. The Bertz CT molecular complexity index is 1600. The van der Waals surface area contributed by atoms with Gasteiger partial charge in [-0.2, -0.15) is 0 Å². The normalized spacial score (nSPS) is 11.9. The van der Waals surface area contributed by atoms with Gasteiger partial charge in [-0.05, 0) is 49.7 Å². The van der Waals surface area contributed by atoms with Crippen molar-refractivity contribution in [2.24, 2.45) is 0 Å². The molecule has 0 radical (unpaired) electrons. The van der Waals surface area contributed by atoms with Crippen molar-refractivity contribution in [1.82, 2.24) is 10.2 Å². The van der Waals surface area contributed by atoms with Gasteiger partial charge < -0.3 is 10.2 Å². The second kappa shape index (κ2) is 13.9. The van der Waals surface area contributed by atoms with Crippen molar-refractivity contribution in [3.63, 3.8) is 0 Å². The second-order valence-corrected chi connectivity index (χ2v) is 11.7. The summed E-state index contributed by atoms with van der Waals surface area (Å²) >= 11 is 0. The first-order valence-electron chi connectivity index (χ1n) is 13.7. The number of halogens is 1. The maximum Gasteiger partial charge on any atom is 0.264 e. The van der Waals surface area contributed by atoms with Crippen molar-refractivity contribution in [3.8, 4) is 0 Å². The molecule has 0 aliphatic carbocycles. The number of anilines is 1. The fourth-order valence-corrected chi connectivity index (χ4v) is 6.05. The van der Waals surface area contributed by atoms with Crippen molar-refractivity contribution in [2.45, 2.75) is 37.8 Å².